The fourth-order valence-corrected chi connectivity index (χ4v) is 3.40. The molecule has 0 bridgehead atoms. The number of hydrogen-bond acceptors (Lipinski definition) is 5. The lowest BCUT2D eigenvalue weighted by atomic mass is 10.1. The number of halogens is 3. The van der Waals surface area contributed by atoms with Crippen LogP contribution in [0.5, 0.6) is 0 Å². The molecular formula is C14H8Cl3N3O3S. The van der Waals surface area contributed by atoms with Crippen molar-refractivity contribution < 1.29 is 4.92 Å². The van der Waals surface area contributed by atoms with Crippen LogP contribution in [-0.2, 0) is 6.54 Å². The molecule has 0 aliphatic carbocycles. The molecule has 0 aliphatic rings. The second-order valence-corrected chi connectivity index (χ2v) is 8.34. The largest absolute Gasteiger partial charge is 0.348 e. The fourth-order valence-electron chi connectivity index (χ4n) is 2.32. The lowest BCUT2D eigenvalue weighted by Crippen LogP contribution is -2.29. The van der Waals surface area contributed by atoms with Gasteiger partial charge in [-0.1, -0.05) is 40.9 Å². The standard InChI is InChI=1S/C14H8Cl3N3O3S/c15-14(16,17)7-19-10-4-3-8(20(22)23)6-9(10)12(18-13(19)21)11-2-1-5-24-11/h1-6H,7H2. The van der Waals surface area contributed by atoms with Crippen LogP contribution in [0.1, 0.15) is 0 Å². The zero-order chi connectivity index (χ0) is 17.5. The van der Waals surface area contributed by atoms with E-state index < -0.39 is 14.4 Å². The molecular weight excluding hydrogens is 397 g/mol. The quantitative estimate of drug-likeness (QED) is 0.368. The van der Waals surface area contributed by atoms with Gasteiger partial charge in [-0.3, -0.25) is 14.7 Å². The van der Waals surface area contributed by atoms with Crippen molar-refractivity contribution in [2.45, 2.75) is 10.3 Å². The van der Waals surface area contributed by atoms with Crippen LogP contribution in [0.4, 0.5) is 5.69 Å². The number of nitrogens with zero attached hydrogens (tertiary/aromatic N) is 3. The van der Waals surface area contributed by atoms with Crippen molar-refractivity contribution in [3.05, 3.63) is 56.3 Å². The predicted molar refractivity (Wildman–Crippen MR) is 96.3 cm³/mol. The number of nitro groups is 1. The average Bonchev–Trinajstić information content (AvgIpc) is 3.02. The Bertz CT molecular complexity index is 981. The van der Waals surface area contributed by atoms with Gasteiger partial charge in [0.1, 0.15) is 0 Å². The summed E-state index contributed by atoms with van der Waals surface area (Å²) in [5.74, 6) is 0. The molecule has 0 N–H and O–H groups in total. The first-order chi connectivity index (χ1) is 11.3. The highest BCUT2D eigenvalue weighted by Gasteiger charge is 2.24. The van der Waals surface area contributed by atoms with Gasteiger partial charge in [0, 0.05) is 17.5 Å². The molecule has 2 heterocycles. The lowest BCUT2D eigenvalue weighted by Gasteiger charge is -2.16. The maximum atomic E-state index is 12.4. The molecule has 3 rings (SSSR count). The summed E-state index contributed by atoms with van der Waals surface area (Å²) < 4.78 is -0.506. The van der Waals surface area contributed by atoms with E-state index in [0.717, 1.165) is 4.88 Å². The molecule has 3 aromatic rings. The van der Waals surface area contributed by atoms with Gasteiger partial charge in [-0.15, -0.1) is 11.3 Å². The molecule has 0 radical (unpaired) electrons. The third-order valence-electron chi connectivity index (χ3n) is 3.27. The first kappa shape index (κ1) is 17.2. The number of non-ortho nitro benzene ring substituents is 1. The van der Waals surface area contributed by atoms with E-state index in [1.54, 1.807) is 12.1 Å². The normalized spacial score (nSPS) is 11.8. The van der Waals surface area contributed by atoms with Crippen molar-refractivity contribution >= 4 is 62.7 Å². The Hall–Kier alpha value is -1.67. The van der Waals surface area contributed by atoms with Gasteiger partial charge in [0.2, 0.25) is 3.79 Å². The van der Waals surface area contributed by atoms with E-state index in [2.05, 4.69) is 4.98 Å². The monoisotopic (exact) mass is 403 g/mol. The molecule has 0 atom stereocenters. The molecule has 0 unspecified atom stereocenters. The van der Waals surface area contributed by atoms with Crippen LogP contribution in [0, 0.1) is 10.1 Å². The van der Waals surface area contributed by atoms with E-state index in [1.807, 2.05) is 5.38 Å². The van der Waals surface area contributed by atoms with Crippen LogP contribution >= 0.6 is 46.1 Å². The van der Waals surface area contributed by atoms with Crippen molar-refractivity contribution in [2.75, 3.05) is 0 Å². The fraction of sp³-hybridized carbons (Fsp3) is 0.143. The van der Waals surface area contributed by atoms with Crippen molar-refractivity contribution in [1.82, 2.24) is 9.55 Å². The van der Waals surface area contributed by atoms with E-state index in [0.29, 0.717) is 16.6 Å². The first-order valence-electron chi connectivity index (χ1n) is 6.56. The number of aromatic nitrogens is 2. The Kier molecular flexibility index (Phi) is 4.52. The van der Waals surface area contributed by atoms with E-state index in [4.69, 9.17) is 34.8 Å². The summed E-state index contributed by atoms with van der Waals surface area (Å²) in [5.41, 5.74) is 0.0804. The van der Waals surface area contributed by atoms with Crippen molar-refractivity contribution in [2.24, 2.45) is 0 Å². The van der Waals surface area contributed by atoms with Crippen LogP contribution in [-0.4, -0.2) is 18.3 Å². The number of benzene rings is 1. The summed E-state index contributed by atoms with van der Waals surface area (Å²) in [6.45, 7) is -0.220. The maximum absolute atomic E-state index is 12.4. The molecule has 0 amide bonds. The van der Waals surface area contributed by atoms with Gasteiger partial charge in [0.05, 0.1) is 27.6 Å². The molecule has 0 saturated heterocycles. The number of thiophene rings is 1. The number of rotatable bonds is 3. The number of fused-ring (bicyclic) bond motifs is 1. The first-order valence-corrected chi connectivity index (χ1v) is 8.57. The highest BCUT2D eigenvalue weighted by molar-refractivity contribution is 7.13. The van der Waals surface area contributed by atoms with Crippen LogP contribution in [0.2, 0.25) is 0 Å². The summed E-state index contributed by atoms with van der Waals surface area (Å²) in [5, 5.41) is 13.4. The van der Waals surface area contributed by atoms with Crippen molar-refractivity contribution in [3.8, 4) is 10.6 Å². The molecule has 0 saturated carbocycles. The topological polar surface area (TPSA) is 78.0 Å². The van der Waals surface area contributed by atoms with Crippen LogP contribution < -0.4 is 5.69 Å². The highest BCUT2D eigenvalue weighted by Crippen LogP contribution is 2.33. The Balaban J connectivity index is 2.36. The van der Waals surface area contributed by atoms with Gasteiger partial charge in [0.15, 0.2) is 0 Å². The van der Waals surface area contributed by atoms with Crippen LogP contribution in [0.25, 0.3) is 21.5 Å². The van der Waals surface area contributed by atoms with E-state index in [-0.39, 0.29) is 12.2 Å². The summed E-state index contributed by atoms with van der Waals surface area (Å²) >= 11 is 18.8. The molecule has 6 nitrogen and oxygen atoms in total. The maximum Gasteiger partial charge on any atom is 0.348 e. The van der Waals surface area contributed by atoms with Crippen LogP contribution in [0.3, 0.4) is 0 Å². The zero-order valence-electron chi connectivity index (χ0n) is 11.8. The molecule has 2 aromatic heterocycles. The minimum absolute atomic E-state index is 0.110. The lowest BCUT2D eigenvalue weighted by molar-refractivity contribution is -0.384. The minimum Gasteiger partial charge on any atom is -0.288 e. The van der Waals surface area contributed by atoms with E-state index in [9.17, 15) is 14.9 Å². The molecule has 0 aliphatic heterocycles. The number of nitro benzene ring substituents is 1. The molecule has 0 spiro atoms. The highest BCUT2D eigenvalue weighted by atomic mass is 35.6. The Morgan fingerprint density at radius 1 is 1.29 bits per heavy atom. The van der Waals surface area contributed by atoms with Gasteiger partial charge in [-0.25, -0.2) is 4.79 Å². The van der Waals surface area contributed by atoms with Gasteiger partial charge in [-0.05, 0) is 17.5 Å². The predicted octanol–water partition coefficient (Wildman–Crippen LogP) is 4.40. The van der Waals surface area contributed by atoms with Gasteiger partial charge in [0.25, 0.3) is 5.69 Å². The van der Waals surface area contributed by atoms with Gasteiger partial charge >= 0.3 is 5.69 Å². The summed E-state index contributed by atoms with van der Waals surface area (Å²) in [6.07, 6.45) is 0. The summed E-state index contributed by atoms with van der Waals surface area (Å²) in [4.78, 5) is 27.7. The second-order valence-electron chi connectivity index (χ2n) is 4.88. The summed E-state index contributed by atoms with van der Waals surface area (Å²) in [6, 6.07) is 7.71. The molecule has 0 fully saturated rings. The molecule has 24 heavy (non-hydrogen) atoms. The van der Waals surface area contributed by atoms with Crippen LogP contribution in [0.15, 0.2) is 40.5 Å². The van der Waals surface area contributed by atoms with Crippen molar-refractivity contribution in [3.63, 3.8) is 0 Å². The summed E-state index contributed by atoms with van der Waals surface area (Å²) in [7, 11) is 0. The van der Waals surface area contributed by atoms with E-state index >= 15 is 0 Å². The Labute approximate surface area is 154 Å². The number of alkyl halides is 3. The second kappa shape index (κ2) is 6.33. The van der Waals surface area contributed by atoms with Gasteiger partial charge in [-0.2, -0.15) is 4.98 Å². The third kappa shape index (κ3) is 3.39. The number of hydrogen-bond donors (Lipinski definition) is 0. The molecule has 124 valence electrons. The smallest absolute Gasteiger partial charge is 0.288 e. The minimum atomic E-state index is -1.70. The zero-order valence-corrected chi connectivity index (χ0v) is 14.9. The Morgan fingerprint density at radius 2 is 2.04 bits per heavy atom. The SMILES string of the molecule is O=c1nc(-c2cccs2)c2cc([N+](=O)[O-])ccc2n1CC(Cl)(Cl)Cl. The molecule has 1 aromatic carbocycles. The Morgan fingerprint density at radius 3 is 2.62 bits per heavy atom. The van der Waals surface area contributed by atoms with Crippen molar-refractivity contribution in [1.29, 1.82) is 0 Å². The van der Waals surface area contributed by atoms with Gasteiger partial charge < -0.3 is 0 Å². The average molecular weight is 405 g/mol. The third-order valence-corrected chi connectivity index (χ3v) is 4.50. The van der Waals surface area contributed by atoms with E-state index in [1.165, 1.54) is 34.1 Å². The molecule has 10 heteroatoms.